The first-order valence-electron chi connectivity index (χ1n) is 5.68. The van der Waals surface area contributed by atoms with Crippen LogP contribution in [0.2, 0.25) is 5.02 Å². The highest BCUT2D eigenvalue weighted by Gasteiger charge is 2.21. The summed E-state index contributed by atoms with van der Waals surface area (Å²) in [6.45, 7) is 2.10. The van der Waals surface area contributed by atoms with Gasteiger partial charge in [-0.15, -0.1) is 0 Å². The maximum absolute atomic E-state index is 6.14. The summed E-state index contributed by atoms with van der Waals surface area (Å²) in [4.78, 5) is 2.40. The molecule has 1 fully saturated rings. The molecule has 0 heterocycles. The highest BCUT2D eigenvalue weighted by atomic mass is 35.5. The molecule has 0 radical (unpaired) electrons. The fourth-order valence-electron chi connectivity index (χ4n) is 2.47. The van der Waals surface area contributed by atoms with E-state index in [4.69, 9.17) is 11.6 Å². The van der Waals surface area contributed by atoms with Crippen LogP contribution in [-0.2, 0) is 0 Å². The molecule has 0 spiro atoms. The van der Waals surface area contributed by atoms with Crippen molar-refractivity contribution in [3.8, 4) is 0 Å². The molecule has 0 bridgehead atoms. The van der Waals surface area contributed by atoms with Crippen LogP contribution in [-0.4, -0.2) is 13.1 Å². The second-order valence-electron chi connectivity index (χ2n) is 4.43. The molecule has 0 atom stereocenters. The van der Waals surface area contributed by atoms with E-state index in [9.17, 15) is 0 Å². The number of benzene rings is 1. The molecular weight excluding hydrogens is 206 g/mol. The van der Waals surface area contributed by atoms with Crippen molar-refractivity contribution in [2.75, 3.05) is 11.9 Å². The molecule has 0 aliphatic heterocycles. The van der Waals surface area contributed by atoms with Crippen molar-refractivity contribution in [3.05, 3.63) is 28.8 Å². The number of rotatable bonds is 2. The fourth-order valence-corrected chi connectivity index (χ4v) is 2.64. The predicted molar refractivity (Wildman–Crippen MR) is 66.8 cm³/mol. The lowest BCUT2D eigenvalue weighted by atomic mass is 10.1. The molecule has 1 aromatic carbocycles. The third-order valence-electron chi connectivity index (χ3n) is 3.49. The van der Waals surface area contributed by atoms with Gasteiger partial charge in [-0.05, 0) is 37.5 Å². The molecule has 0 unspecified atom stereocenters. The van der Waals surface area contributed by atoms with Gasteiger partial charge in [0.05, 0.1) is 0 Å². The van der Waals surface area contributed by atoms with Crippen LogP contribution in [0.4, 0.5) is 5.69 Å². The second-order valence-corrected chi connectivity index (χ2v) is 4.84. The van der Waals surface area contributed by atoms with Crippen LogP contribution in [0, 0.1) is 6.92 Å². The summed E-state index contributed by atoms with van der Waals surface area (Å²) in [5, 5.41) is 0.873. The summed E-state index contributed by atoms with van der Waals surface area (Å²) < 4.78 is 0. The smallest absolute Gasteiger partial charge is 0.0455 e. The Morgan fingerprint density at radius 3 is 2.60 bits per heavy atom. The number of hydrogen-bond donors (Lipinski definition) is 0. The van der Waals surface area contributed by atoms with Gasteiger partial charge in [0.2, 0.25) is 0 Å². The van der Waals surface area contributed by atoms with Crippen LogP contribution in [0.1, 0.15) is 31.2 Å². The molecule has 1 aliphatic carbocycles. The van der Waals surface area contributed by atoms with Gasteiger partial charge in [0.15, 0.2) is 0 Å². The lowest BCUT2D eigenvalue weighted by Crippen LogP contribution is -2.29. The summed E-state index contributed by atoms with van der Waals surface area (Å²) in [6.07, 6.45) is 5.38. The highest BCUT2D eigenvalue weighted by Crippen LogP contribution is 2.31. The van der Waals surface area contributed by atoms with Crippen LogP contribution < -0.4 is 4.90 Å². The van der Waals surface area contributed by atoms with E-state index in [-0.39, 0.29) is 0 Å². The molecule has 1 nitrogen and oxygen atoms in total. The van der Waals surface area contributed by atoms with E-state index in [1.54, 1.807) is 0 Å². The minimum absolute atomic E-state index is 0.710. The molecule has 0 N–H and O–H groups in total. The van der Waals surface area contributed by atoms with Gasteiger partial charge in [0, 0.05) is 23.8 Å². The number of anilines is 1. The average molecular weight is 224 g/mol. The van der Waals surface area contributed by atoms with E-state index in [2.05, 4.69) is 24.9 Å². The first kappa shape index (κ1) is 10.8. The van der Waals surface area contributed by atoms with Crippen LogP contribution in [0.25, 0.3) is 0 Å². The van der Waals surface area contributed by atoms with E-state index in [1.165, 1.54) is 36.9 Å². The van der Waals surface area contributed by atoms with Crippen molar-refractivity contribution in [2.24, 2.45) is 0 Å². The Morgan fingerprint density at radius 1 is 1.27 bits per heavy atom. The van der Waals surface area contributed by atoms with Crippen molar-refractivity contribution in [1.29, 1.82) is 0 Å². The van der Waals surface area contributed by atoms with Crippen LogP contribution in [0.15, 0.2) is 18.2 Å². The lowest BCUT2D eigenvalue weighted by Gasteiger charge is -2.28. The van der Waals surface area contributed by atoms with Crippen LogP contribution in [0.5, 0.6) is 0 Å². The van der Waals surface area contributed by atoms with Gasteiger partial charge in [-0.25, -0.2) is 0 Å². The second kappa shape index (κ2) is 4.44. The molecule has 2 rings (SSSR count). The van der Waals surface area contributed by atoms with Crippen LogP contribution in [0.3, 0.4) is 0 Å². The molecular formula is C13H18ClN. The van der Waals surface area contributed by atoms with Gasteiger partial charge in [0.1, 0.15) is 0 Å². The molecule has 0 amide bonds. The van der Waals surface area contributed by atoms with E-state index in [0.29, 0.717) is 6.04 Å². The number of nitrogens with zero attached hydrogens (tertiary/aromatic N) is 1. The molecule has 0 saturated heterocycles. The Labute approximate surface area is 97.0 Å². The maximum atomic E-state index is 6.14. The lowest BCUT2D eigenvalue weighted by molar-refractivity contribution is 0.652. The molecule has 82 valence electrons. The first-order chi connectivity index (χ1) is 7.20. The standard InChI is InChI=1S/C13H18ClN/c1-10-12(14)8-5-9-13(10)15(2)11-6-3-4-7-11/h5,8-9,11H,3-4,6-7H2,1-2H3. The Bertz CT molecular complexity index is 342. The normalized spacial score (nSPS) is 17.0. The van der Waals surface area contributed by atoms with Crippen LogP contribution >= 0.6 is 11.6 Å². The molecule has 0 aromatic heterocycles. The van der Waals surface area contributed by atoms with Crippen molar-refractivity contribution in [2.45, 2.75) is 38.6 Å². The third-order valence-corrected chi connectivity index (χ3v) is 3.90. The molecule has 15 heavy (non-hydrogen) atoms. The minimum Gasteiger partial charge on any atom is -0.371 e. The van der Waals surface area contributed by atoms with Gasteiger partial charge < -0.3 is 4.90 Å². The number of halogens is 1. The van der Waals surface area contributed by atoms with Crippen molar-refractivity contribution in [1.82, 2.24) is 0 Å². The monoisotopic (exact) mass is 223 g/mol. The Morgan fingerprint density at radius 2 is 1.93 bits per heavy atom. The van der Waals surface area contributed by atoms with Gasteiger partial charge in [0.25, 0.3) is 0 Å². The summed E-state index contributed by atoms with van der Waals surface area (Å²) in [5.41, 5.74) is 2.49. The zero-order valence-electron chi connectivity index (χ0n) is 9.46. The maximum Gasteiger partial charge on any atom is 0.0455 e. The van der Waals surface area contributed by atoms with E-state index in [1.807, 2.05) is 12.1 Å². The van der Waals surface area contributed by atoms with Crippen molar-refractivity contribution in [3.63, 3.8) is 0 Å². The zero-order chi connectivity index (χ0) is 10.8. The van der Waals surface area contributed by atoms with Gasteiger partial charge in [-0.2, -0.15) is 0 Å². The van der Waals surface area contributed by atoms with Crippen molar-refractivity contribution < 1.29 is 0 Å². The Balaban J connectivity index is 2.24. The van der Waals surface area contributed by atoms with E-state index in [0.717, 1.165) is 5.02 Å². The Kier molecular flexibility index (Phi) is 3.20. The van der Waals surface area contributed by atoms with Crippen molar-refractivity contribution >= 4 is 17.3 Å². The summed E-state index contributed by atoms with van der Waals surface area (Å²) in [7, 11) is 2.19. The zero-order valence-corrected chi connectivity index (χ0v) is 10.2. The summed E-state index contributed by atoms with van der Waals surface area (Å²) in [6, 6.07) is 6.88. The number of hydrogen-bond acceptors (Lipinski definition) is 1. The molecule has 1 aliphatic rings. The summed E-state index contributed by atoms with van der Waals surface area (Å²) in [5.74, 6) is 0. The first-order valence-corrected chi connectivity index (χ1v) is 6.06. The predicted octanol–water partition coefficient (Wildman–Crippen LogP) is 4.03. The highest BCUT2D eigenvalue weighted by molar-refractivity contribution is 6.31. The van der Waals surface area contributed by atoms with E-state index >= 15 is 0 Å². The quantitative estimate of drug-likeness (QED) is 0.732. The molecule has 2 heteroatoms. The third kappa shape index (κ3) is 2.12. The Hall–Kier alpha value is -0.690. The molecule has 1 saturated carbocycles. The summed E-state index contributed by atoms with van der Waals surface area (Å²) >= 11 is 6.14. The minimum atomic E-state index is 0.710. The van der Waals surface area contributed by atoms with Gasteiger partial charge >= 0.3 is 0 Å². The van der Waals surface area contributed by atoms with Gasteiger partial charge in [-0.3, -0.25) is 0 Å². The SMILES string of the molecule is Cc1c(Cl)cccc1N(C)C1CCCC1. The topological polar surface area (TPSA) is 3.24 Å². The largest absolute Gasteiger partial charge is 0.371 e. The average Bonchev–Trinajstić information content (AvgIpc) is 2.74. The molecule has 1 aromatic rings. The van der Waals surface area contributed by atoms with E-state index < -0.39 is 0 Å². The fraction of sp³-hybridized carbons (Fsp3) is 0.538. The van der Waals surface area contributed by atoms with Gasteiger partial charge in [-0.1, -0.05) is 30.5 Å².